The number of hydrogen-bond acceptors (Lipinski definition) is 2. The van der Waals surface area contributed by atoms with Crippen molar-refractivity contribution in [3.8, 4) is 11.5 Å². The summed E-state index contributed by atoms with van der Waals surface area (Å²) in [5.74, 6) is 3.16. The zero-order valence-electron chi connectivity index (χ0n) is 25.9. The lowest BCUT2D eigenvalue weighted by Crippen LogP contribution is -2.11. The van der Waals surface area contributed by atoms with Gasteiger partial charge in [0.15, 0.2) is 0 Å². The average Bonchev–Trinajstić information content (AvgIpc) is 3.02. The van der Waals surface area contributed by atoms with Crippen LogP contribution in [0.1, 0.15) is 101 Å². The van der Waals surface area contributed by atoms with E-state index in [-0.39, 0.29) is 0 Å². The van der Waals surface area contributed by atoms with E-state index in [1.54, 1.807) is 0 Å². The topological polar surface area (TPSA) is 18.5 Å². The van der Waals surface area contributed by atoms with Gasteiger partial charge in [0.2, 0.25) is 0 Å². The number of hydrogen-bond donors (Lipinski definition) is 0. The lowest BCUT2D eigenvalue weighted by molar-refractivity contribution is 0.233. The lowest BCUT2D eigenvalue weighted by Gasteiger charge is -2.15. The Hall–Kier alpha value is -2.30. The van der Waals surface area contributed by atoms with Crippen LogP contribution in [0.3, 0.4) is 0 Å². The van der Waals surface area contributed by atoms with E-state index in [4.69, 9.17) is 9.47 Å². The van der Waals surface area contributed by atoms with Crippen LogP contribution >= 0.6 is 31.9 Å². The fourth-order valence-electron chi connectivity index (χ4n) is 4.78. The minimum atomic E-state index is 0.636. The van der Waals surface area contributed by atoms with E-state index < -0.39 is 0 Å². The van der Waals surface area contributed by atoms with E-state index in [9.17, 15) is 0 Å². The first-order valence-corrected chi connectivity index (χ1v) is 17.3. The van der Waals surface area contributed by atoms with E-state index in [1.165, 1.54) is 51.4 Å². The van der Waals surface area contributed by atoms with Gasteiger partial charge in [0.05, 0.1) is 13.2 Å². The summed E-state index contributed by atoms with van der Waals surface area (Å²) < 4.78 is 14.2. The Labute approximate surface area is 271 Å². The maximum Gasteiger partial charge on any atom is 0.119 e. The fraction of sp³-hybridized carbons (Fsp3) is 0.421. The second-order valence-corrected chi connectivity index (χ2v) is 12.9. The van der Waals surface area contributed by atoms with Crippen LogP contribution < -0.4 is 9.47 Å². The van der Waals surface area contributed by atoms with Gasteiger partial charge in [-0.25, -0.2) is 0 Å². The Bertz CT molecular complexity index is 1150. The van der Waals surface area contributed by atoms with Gasteiger partial charge in [0.1, 0.15) is 11.5 Å². The molecule has 0 bridgehead atoms. The first-order valence-electron chi connectivity index (χ1n) is 15.8. The predicted octanol–water partition coefficient (Wildman–Crippen LogP) is 12.7. The summed E-state index contributed by atoms with van der Waals surface area (Å²) in [5, 5.41) is 0. The first kappa shape index (κ1) is 34.2. The molecule has 0 aliphatic heterocycles. The number of rotatable bonds is 18. The molecule has 0 saturated carbocycles. The number of unbranched alkanes of at least 4 members (excludes halogenated alkanes) is 2. The predicted molar refractivity (Wildman–Crippen MR) is 190 cm³/mol. The molecule has 0 spiro atoms. The van der Waals surface area contributed by atoms with E-state index >= 15 is 0 Å². The van der Waals surface area contributed by atoms with Crippen molar-refractivity contribution in [3.63, 3.8) is 0 Å². The number of benzene rings is 3. The Balaban J connectivity index is 1.56. The van der Waals surface area contributed by atoms with Crippen molar-refractivity contribution < 1.29 is 9.47 Å². The van der Waals surface area contributed by atoms with Gasteiger partial charge in [-0.3, -0.25) is 0 Å². The van der Waals surface area contributed by atoms with Crippen molar-refractivity contribution >= 4 is 56.2 Å². The third kappa shape index (κ3) is 11.8. The SMILES string of the molecule is CCCCC(CC)COc1ccc(/C=C/c2cc(Br)c(/C=C/c3ccc(OCC(CC)CCCC)cc3)cc2Br)cc1. The van der Waals surface area contributed by atoms with E-state index in [1.807, 2.05) is 0 Å². The molecule has 3 aromatic rings. The summed E-state index contributed by atoms with van der Waals surface area (Å²) in [6, 6.07) is 21.0. The Morgan fingerprint density at radius 1 is 0.571 bits per heavy atom. The molecule has 3 rings (SSSR count). The molecule has 0 amide bonds. The largest absolute Gasteiger partial charge is 0.493 e. The van der Waals surface area contributed by atoms with Gasteiger partial charge in [0, 0.05) is 8.95 Å². The molecule has 0 radical (unpaired) electrons. The average molecular weight is 697 g/mol. The fourth-order valence-corrected chi connectivity index (χ4v) is 5.77. The monoisotopic (exact) mass is 694 g/mol. The van der Waals surface area contributed by atoms with Gasteiger partial charge < -0.3 is 9.47 Å². The first-order chi connectivity index (χ1) is 20.4. The van der Waals surface area contributed by atoms with Crippen LogP contribution in [-0.4, -0.2) is 13.2 Å². The normalized spacial score (nSPS) is 13.1. The third-order valence-electron chi connectivity index (χ3n) is 7.84. The zero-order chi connectivity index (χ0) is 30.2. The van der Waals surface area contributed by atoms with Gasteiger partial charge in [-0.05, 0) is 83.3 Å². The number of halogens is 2. The summed E-state index contributed by atoms with van der Waals surface area (Å²) in [4.78, 5) is 0. The van der Waals surface area contributed by atoms with Gasteiger partial charge in [0.25, 0.3) is 0 Å². The van der Waals surface area contributed by atoms with Gasteiger partial charge in [-0.1, -0.05) is 147 Å². The summed E-state index contributed by atoms with van der Waals surface area (Å²) in [6.45, 7) is 10.6. The van der Waals surface area contributed by atoms with Crippen LogP contribution in [-0.2, 0) is 0 Å². The molecule has 4 heteroatoms. The highest BCUT2D eigenvalue weighted by Crippen LogP contribution is 2.29. The zero-order valence-corrected chi connectivity index (χ0v) is 29.1. The van der Waals surface area contributed by atoms with E-state index in [2.05, 4.69) is 145 Å². The highest BCUT2D eigenvalue weighted by Gasteiger charge is 2.08. The second kappa shape index (κ2) is 19.1. The lowest BCUT2D eigenvalue weighted by atomic mass is 10.0. The molecule has 0 heterocycles. The summed E-state index contributed by atoms with van der Waals surface area (Å²) in [6.07, 6.45) is 18.4. The van der Waals surface area contributed by atoms with Crippen LogP contribution in [0.15, 0.2) is 69.6 Å². The molecule has 0 aliphatic rings. The van der Waals surface area contributed by atoms with Crippen molar-refractivity contribution in [1.82, 2.24) is 0 Å². The van der Waals surface area contributed by atoms with Crippen molar-refractivity contribution in [2.75, 3.05) is 13.2 Å². The van der Waals surface area contributed by atoms with Crippen LogP contribution in [0.25, 0.3) is 24.3 Å². The van der Waals surface area contributed by atoms with Crippen molar-refractivity contribution in [2.24, 2.45) is 11.8 Å². The molecule has 0 aromatic heterocycles. The van der Waals surface area contributed by atoms with Crippen LogP contribution in [0.5, 0.6) is 11.5 Å². The molecule has 0 aliphatic carbocycles. The smallest absolute Gasteiger partial charge is 0.119 e. The van der Waals surface area contributed by atoms with E-state index in [0.717, 1.165) is 55.9 Å². The van der Waals surface area contributed by atoms with Crippen molar-refractivity contribution in [2.45, 2.75) is 79.1 Å². The maximum absolute atomic E-state index is 6.07. The highest BCUT2D eigenvalue weighted by atomic mass is 79.9. The summed E-state index contributed by atoms with van der Waals surface area (Å²) in [5.41, 5.74) is 4.52. The molecule has 2 unspecified atom stereocenters. The maximum atomic E-state index is 6.07. The molecule has 42 heavy (non-hydrogen) atoms. The minimum absolute atomic E-state index is 0.636. The molecule has 3 aromatic carbocycles. The minimum Gasteiger partial charge on any atom is -0.493 e. The van der Waals surface area contributed by atoms with Crippen molar-refractivity contribution in [3.05, 3.63) is 91.9 Å². The molecule has 2 atom stereocenters. The van der Waals surface area contributed by atoms with E-state index in [0.29, 0.717) is 11.8 Å². The van der Waals surface area contributed by atoms with Gasteiger partial charge in [-0.2, -0.15) is 0 Å². The highest BCUT2D eigenvalue weighted by molar-refractivity contribution is 9.11. The summed E-state index contributed by atoms with van der Waals surface area (Å²) in [7, 11) is 0. The van der Waals surface area contributed by atoms with Crippen LogP contribution in [0.4, 0.5) is 0 Å². The Morgan fingerprint density at radius 3 is 1.29 bits per heavy atom. The third-order valence-corrected chi connectivity index (χ3v) is 9.22. The Morgan fingerprint density at radius 2 is 0.952 bits per heavy atom. The molecule has 2 nitrogen and oxygen atoms in total. The second-order valence-electron chi connectivity index (χ2n) is 11.2. The van der Waals surface area contributed by atoms with Crippen LogP contribution in [0.2, 0.25) is 0 Å². The molecule has 0 N–H and O–H groups in total. The molecular formula is C38H48Br2O2. The standard InChI is InChI=1S/C38H48Br2O2/c1-5-9-11-29(7-3)27-41-35-21-15-31(16-22-35)13-19-33-25-38(40)34(26-37(33)39)20-14-32-17-23-36(24-18-32)42-28-30(8-4)12-10-6-2/h13-26,29-30H,5-12,27-28H2,1-4H3/b19-13+,20-14+. The molecule has 0 saturated heterocycles. The molecular weight excluding hydrogens is 648 g/mol. The molecule has 0 fully saturated rings. The van der Waals surface area contributed by atoms with Gasteiger partial charge in [-0.15, -0.1) is 0 Å². The Kier molecular flexibility index (Phi) is 15.5. The summed E-state index contributed by atoms with van der Waals surface area (Å²) >= 11 is 7.54. The van der Waals surface area contributed by atoms with Crippen molar-refractivity contribution in [1.29, 1.82) is 0 Å². The van der Waals surface area contributed by atoms with Crippen LogP contribution in [0, 0.1) is 11.8 Å². The van der Waals surface area contributed by atoms with Gasteiger partial charge >= 0.3 is 0 Å². The number of ether oxygens (including phenoxy) is 2. The quantitative estimate of drug-likeness (QED) is 0.123. The molecule has 226 valence electrons.